The highest BCUT2D eigenvalue weighted by molar-refractivity contribution is 5.76. The molecule has 1 aliphatic rings. The summed E-state index contributed by atoms with van der Waals surface area (Å²) in [5.41, 5.74) is 0.927. The van der Waals surface area contributed by atoms with Crippen molar-refractivity contribution in [1.82, 2.24) is 4.90 Å². The second kappa shape index (κ2) is 8.61. The van der Waals surface area contributed by atoms with Gasteiger partial charge < -0.3 is 9.64 Å². The standard InChI is InChI=1S/C20H30FNO2/c1-20(2,3)14-19(23)22-10-7-16(8-11-22)9-12-24-15-17-5-4-6-18(21)13-17/h4-6,13,16H,7-12,14-15H2,1-3H3. The first-order chi connectivity index (χ1) is 11.3. The molecule has 134 valence electrons. The zero-order valence-corrected chi connectivity index (χ0v) is 15.2. The lowest BCUT2D eigenvalue weighted by atomic mass is 9.89. The molecule has 0 radical (unpaired) electrons. The lowest BCUT2D eigenvalue weighted by Gasteiger charge is -2.33. The number of carbonyl (C=O) groups excluding carboxylic acids is 1. The second-order valence-electron chi connectivity index (χ2n) is 8.03. The van der Waals surface area contributed by atoms with Crippen LogP contribution in [0.4, 0.5) is 4.39 Å². The van der Waals surface area contributed by atoms with Gasteiger partial charge in [0.25, 0.3) is 0 Å². The van der Waals surface area contributed by atoms with Crippen molar-refractivity contribution in [2.45, 2.75) is 53.1 Å². The Morgan fingerprint density at radius 1 is 1.29 bits per heavy atom. The van der Waals surface area contributed by atoms with Crippen molar-refractivity contribution in [2.24, 2.45) is 11.3 Å². The molecule has 0 bridgehead atoms. The average molecular weight is 335 g/mol. The van der Waals surface area contributed by atoms with Crippen LogP contribution in [0.3, 0.4) is 0 Å². The highest BCUT2D eigenvalue weighted by atomic mass is 19.1. The Bertz CT molecular complexity index is 531. The normalized spacial score (nSPS) is 16.4. The van der Waals surface area contributed by atoms with Crippen LogP contribution in [0.15, 0.2) is 24.3 Å². The molecule has 3 nitrogen and oxygen atoms in total. The molecule has 1 amide bonds. The van der Waals surface area contributed by atoms with E-state index in [1.807, 2.05) is 11.0 Å². The minimum Gasteiger partial charge on any atom is -0.377 e. The van der Waals surface area contributed by atoms with Crippen LogP contribution >= 0.6 is 0 Å². The van der Waals surface area contributed by atoms with E-state index >= 15 is 0 Å². The van der Waals surface area contributed by atoms with Crippen LogP contribution in [0.1, 0.15) is 52.0 Å². The Labute approximate surface area is 145 Å². The molecule has 4 heteroatoms. The molecular weight excluding hydrogens is 305 g/mol. The first-order valence-electron chi connectivity index (χ1n) is 8.93. The van der Waals surface area contributed by atoms with Gasteiger partial charge in [0.1, 0.15) is 5.82 Å². The highest BCUT2D eigenvalue weighted by Gasteiger charge is 2.25. The quantitative estimate of drug-likeness (QED) is 0.721. The first-order valence-corrected chi connectivity index (χ1v) is 8.93. The molecule has 0 atom stereocenters. The minimum absolute atomic E-state index is 0.0543. The lowest BCUT2D eigenvalue weighted by molar-refractivity contribution is -0.134. The number of hydrogen-bond acceptors (Lipinski definition) is 2. The van der Waals surface area contributed by atoms with Crippen molar-refractivity contribution in [1.29, 1.82) is 0 Å². The molecular formula is C20H30FNO2. The number of hydrogen-bond donors (Lipinski definition) is 0. The van der Waals surface area contributed by atoms with E-state index in [1.165, 1.54) is 12.1 Å². The highest BCUT2D eigenvalue weighted by Crippen LogP contribution is 2.24. The molecule has 0 spiro atoms. The Hall–Kier alpha value is -1.42. The van der Waals surface area contributed by atoms with Gasteiger partial charge in [-0.2, -0.15) is 0 Å². The molecule has 2 rings (SSSR count). The number of nitrogens with zero attached hydrogens (tertiary/aromatic N) is 1. The van der Waals surface area contributed by atoms with Crippen LogP contribution in [-0.2, 0) is 16.1 Å². The molecule has 1 saturated heterocycles. The summed E-state index contributed by atoms with van der Waals surface area (Å²) < 4.78 is 18.8. The minimum atomic E-state index is -0.219. The van der Waals surface area contributed by atoms with E-state index in [1.54, 1.807) is 6.07 Å². The van der Waals surface area contributed by atoms with E-state index < -0.39 is 0 Å². The van der Waals surface area contributed by atoms with Crippen molar-refractivity contribution in [3.05, 3.63) is 35.6 Å². The van der Waals surface area contributed by atoms with Gasteiger partial charge in [0.2, 0.25) is 5.91 Å². The molecule has 0 aromatic heterocycles. The summed E-state index contributed by atoms with van der Waals surface area (Å²) in [7, 11) is 0. The SMILES string of the molecule is CC(C)(C)CC(=O)N1CCC(CCOCc2cccc(F)c2)CC1. The van der Waals surface area contributed by atoms with Gasteiger partial charge >= 0.3 is 0 Å². The molecule has 1 heterocycles. The fourth-order valence-electron chi connectivity index (χ4n) is 3.10. The van der Waals surface area contributed by atoms with E-state index in [9.17, 15) is 9.18 Å². The van der Waals surface area contributed by atoms with Gasteiger partial charge in [0.15, 0.2) is 0 Å². The summed E-state index contributed by atoms with van der Waals surface area (Å²) in [4.78, 5) is 14.2. The molecule has 1 fully saturated rings. The zero-order chi connectivity index (χ0) is 17.6. The van der Waals surface area contributed by atoms with E-state index in [2.05, 4.69) is 20.8 Å². The number of likely N-dealkylation sites (tertiary alicyclic amines) is 1. The van der Waals surface area contributed by atoms with Crippen molar-refractivity contribution < 1.29 is 13.9 Å². The molecule has 0 saturated carbocycles. The van der Waals surface area contributed by atoms with Crippen LogP contribution in [0, 0.1) is 17.2 Å². The molecule has 0 unspecified atom stereocenters. The number of carbonyl (C=O) groups is 1. The number of amides is 1. The van der Waals surface area contributed by atoms with Crippen LogP contribution in [0.25, 0.3) is 0 Å². The lowest BCUT2D eigenvalue weighted by Crippen LogP contribution is -2.40. The maximum absolute atomic E-state index is 13.1. The number of halogens is 1. The smallest absolute Gasteiger partial charge is 0.223 e. The third kappa shape index (κ3) is 6.60. The predicted molar refractivity (Wildman–Crippen MR) is 94.0 cm³/mol. The third-order valence-corrected chi connectivity index (χ3v) is 4.48. The largest absolute Gasteiger partial charge is 0.377 e. The number of rotatable bonds is 6. The van der Waals surface area contributed by atoms with E-state index in [0.29, 0.717) is 25.6 Å². The first kappa shape index (κ1) is 18.9. The Kier molecular flexibility index (Phi) is 6.79. The Balaban J connectivity index is 1.62. The second-order valence-corrected chi connectivity index (χ2v) is 8.03. The maximum Gasteiger partial charge on any atom is 0.223 e. The molecule has 1 aromatic rings. The summed E-state index contributed by atoms with van der Waals surface area (Å²) in [5.74, 6) is 0.683. The molecule has 0 N–H and O–H groups in total. The monoisotopic (exact) mass is 335 g/mol. The van der Waals surface area contributed by atoms with Crippen molar-refractivity contribution in [3.63, 3.8) is 0 Å². The van der Waals surface area contributed by atoms with Gasteiger partial charge in [-0.1, -0.05) is 32.9 Å². The molecule has 24 heavy (non-hydrogen) atoms. The Morgan fingerprint density at radius 2 is 2.00 bits per heavy atom. The van der Waals surface area contributed by atoms with Gasteiger partial charge in [-0.05, 0) is 48.3 Å². The molecule has 0 aliphatic carbocycles. The molecule has 1 aliphatic heterocycles. The van der Waals surface area contributed by atoms with Gasteiger partial charge in [0.05, 0.1) is 6.61 Å². The van der Waals surface area contributed by atoms with Crippen molar-refractivity contribution >= 4 is 5.91 Å². The summed E-state index contributed by atoms with van der Waals surface area (Å²) in [6, 6.07) is 6.54. The van der Waals surface area contributed by atoms with E-state index in [0.717, 1.165) is 37.9 Å². The Morgan fingerprint density at radius 3 is 2.62 bits per heavy atom. The van der Waals surface area contributed by atoms with Crippen LogP contribution in [0.5, 0.6) is 0 Å². The van der Waals surface area contributed by atoms with Crippen LogP contribution < -0.4 is 0 Å². The van der Waals surface area contributed by atoms with Gasteiger partial charge in [0, 0.05) is 26.1 Å². The van der Waals surface area contributed by atoms with Gasteiger partial charge in [-0.3, -0.25) is 4.79 Å². The topological polar surface area (TPSA) is 29.5 Å². The predicted octanol–water partition coefficient (Wildman–Crippen LogP) is 4.41. The molecule has 1 aromatic carbocycles. The summed E-state index contributed by atoms with van der Waals surface area (Å²) >= 11 is 0. The fourth-order valence-corrected chi connectivity index (χ4v) is 3.10. The number of piperidine rings is 1. The zero-order valence-electron chi connectivity index (χ0n) is 15.2. The summed E-state index contributed by atoms with van der Waals surface area (Å²) in [5, 5.41) is 0. The van der Waals surface area contributed by atoms with Gasteiger partial charge in [-0.25, -0.2) is 4.39 Å². The van der Waals surface area contributed by atoms with E-state index in [-0.39, 0.29) is 17.1 Å². The van der Waals surface area contributed by atoms with Crippen LogP contribution in [-0.4, -0.2) is 30.5 Å². The van der Waals surface area contributed by atoms with Gasteiger partial charge in [-0.15, -0.1) is 0 Å². The van der Waals surface area contributed by atoms with Crippen molar-refractivity contribution in [2.75, 3.05) is 19.7 Å². The number of ether oxygens (including phenoxy) is 1. The van der Waals surface area contributed by atoms with E-state index in [4.69, 9.17) is 4.74 Å². The average Bonchev–Trinajstić information content (AvgIpc) is 2.50. The third-order valence-electron chi connectivity index (χ3n) is 4.48. The number of benzene rings is 1. The summed E-state index contributed by atoms with van der Waals surface area (Å²) in [6.07, 6.45) is 3.74. The van der Waals surface area contributed by atoms with Crippen LogP contribution in [0.2, 0.25) is 0 Å². The maximum atomic E-state index is 13.1. The fraction of sp³-hybridized carbons (Fsp3) is 0.650. The van der Waals surface area contributed by atoms with Crippen molar-refractivity contribution in [3.8, 4) is 0 Å². The summed E-state index contributed by atoms with van der Waals surface area (Å²) in [6.45, 7) is 9.19.